The minimum absolute atomic E-state index is 0.0168. The third-order valence-corrected chi connectivity index (χ3v) is 5.27. The van der Waals surface area contributed by atoms with Gasteiger partial charge in [-0.3, -0.25) is 9.59 Å². The summed E-state index contributed by atoms with van der Waals surface area (Å²) in [6.45, 7) is 3.68. The number of methoxy groups -OCH3 is 1. The first-order chi connectivity index (χ1) is 14.8. The topological polar surface area (TPSA) is 93.5 Å². The van der Waals surface area contributed by atoms with Gasteiger partial charge >= 0.3 is 5.97 Å². The van der Waals surface area contributed by atoms with E-state index < -0.39 is 23.2 Å². The van der Waals surface area contributed by atoms with Gasteiger partial charge in [-0.25, -0.2) is 4.39 Å². The lowest BCUT2D eigenvalue weighted by Gasteiger charge is -2.34. The molecule has 0 saturated heterocycles. The predicted octanol–water partition coefficient (Wildman–Crippen LogP) is 3.84. The Morgan fingerprint density at radius 2 is 1.87 bits per heavy atom. The molecule has 31 heavy (non-hydrogen) atoms. The molecule has 2 aromatic carbocycles. The van der Waals surface area contributed by atoms with Gasteiger partial charge in [0.2, 0.25) is 5.88 Å². The van der Waals surface area contributed by atoms with E-state index in [9.17, 15) is 19.1 Å². The molecule has 0 spiro atoms. The van der Waals surface area contributed by atoms with Gasteiger partial charge in [-0.15, -0.1) is 0 Å². The summed E-state index contributed by atoms with van der Waals surface area (Å²) in [4.78, 5) is 24.8. The largest absolute Gasteiger partial charge is 0.481 e. The highest BCUT2D eigenvalue weighted by molar-refractivity contribution is 5.93. The molecule has 3 aromatic rings. The van der Waals surface area contributed by atoms with E-state index in [1.54, 1.807) is 24.3 Å². The van der Waals surface area contributed by atoms with Crippen LogP contribution < -0.4 is 10.1 Å². The molecule has 2 N–H and O–H groups in total. The summed E-state index contributed by atoms with van der Waals surface area (Å²) >= 11 is 0. The predicted molar refractivity (Wildman–Crippen MR) is 113 cm³/mol. The number of aryl methyl sites for hydroxylation is 1. The van der Waals surface area contributed by atoms with Crippen molar-refractivity contribution in [3.63, 3.8) is 0 Å². The van der Waals surface area contributed by atoms with Crippen molar-refractivity contribution in [2.24, 2.45) is 0 Å². The van der Waals surface area contributed by atoms with Crippen LogP contribution in [0.4, 0.5) is 4.39 Å². The van der Waals surface area contributed by atoms with Crippen molar-refractivity contribution in [1.82, 2.24) is 15.1 Å². The lowest BCUT2D eigenvalue weighted by atomic mass is 9.81. The molecule has 0 aliphatic heterocycles. The molecule has 0 bridgehead atoms. The normalized spacial score (nSPS) is 12.8. The standard InChI is InChI=1S/C23H24FN3O4/c1-4-23(14-21(28)29,16-10-6-5-9-15(16)2)25-22(30)18-13-20(31-3)27(26-18)19-12-8-7-11-17(19)24/h5-13H,4,14H2,1-3H3,(H,25,30)(H,28,29)/t23-/m0/s1. The number of amides is 1. The van der Waals surface area contributed by atoms with E-state index in [1.165, 1.54) is 30.0 Å². The Kier molecular flexibility index (Phi) is 6.39. The van der Waals surface area contributed by atoms with Crippen molar-refractivity contribution in [2.45, 2.75) is 32.2 Å². The molecule has 0 unspecified atom stereocenters. The van der Waals surface area contributed by atoms with Crippen LogP contribution in [-0.2, 0) is 10.3 Å². The number of ether oxygens (including phenoxy) is 1. The van der Waals surface area contributed by atoms with Gasteiger partial charge in [0.1, 0.15) is 11.5 Å². The van der Waals surface area contributed by atoms with Gasteiger partial charge in [0.05, 0.1) is 19.1 Å². The van der Waals surface area contributed by atoms with Gasteiger partial charge in [0.15, 0.2) is 5.69 Å². The highest BCUT2D eigenvalue weighted by atomic mass is 19.1. The molecule has 0 aliphatic carbocycles. The van der Waals surface area contributed by atoms with Crippen LogP contribution in [0.5, 0.6) is 5.88 Å². The van der Waals surface area contributed by atoms with Gasteiger partial charge < -0.3 is 15.2 Å². The number of nitrogens with one attached hydrogen (secondary N) is 1. The number of aliphatic carboxylic acids is 1. The molecule has 1 aromatic heterocycles. The number of hydrogen-bond acceptors (Lipinski definition) is 4. The lowest BCUT2D eigenvalue weighted by molar-refractivity contribution is -0.138. The monoisotopic (exact) mass is 425 g/mol. The summed E-state index contributed by atoms with van der Waals surface area (Å²) in [6.07, 6.45) is 0.0479. The summed E-state index contributed by atoms with van der Waals surface area (Å²) < 4.78 is 20.7. The van der Waals surface area contributed by atoms with Crippen LogP contribution in [0, 0.1) is 12.7 Å². The van der Waals surface area contributed by atoms with E-state index in [0.717, 1.165) is 5.56 Å². The fraction of sp³-hybridized carbons (Fsp3) is 0.261. The maximum absolute atomic E-state index is 14.3. The van der Waals surface area contributed by atoms with Gasteiger partial charge in [0.25, 0.3) is 5.91 Å². The Labute approximate surface area is 179 Å². The van der Waals surface area contributed by atoms with Crippen molar-refractivity contribution in [3.8, 4) is 11.6 Å². The molecule has 3 rings (SSSR count). The molecule has 1 heterocycles. The van der Waals surface area contributed by atoms with Crippen LogP contribution in [0.1, 0.15) is 41.4 Å². The molecule has 0 radical (unpaired) electrons. The Balaban J connectivity index is 2.02. The summed E-state index contributed by atoms with van der Waals surface area (Å²) in [6, 6.07) is 14.7. The van der Waals surface area contributed by atoms with E-state index in [2.05, 4.69) is 10.4 Å². The number of nitrogens with zero attached hydrogens (tertiary/aromatic N) is 2. The van der Waals surface area contributed by atoms with Gasteiger partial charge in [-0.1, -0.05) is 43.3 Å². The van der Waals surface area contributed by atoms with Crippen molar-refractivity contribution in [3.05, 3.63) is 77.2 Å². The zero-order chi connectivity index (χ0) is 22.6. The number of aromatic nitrogens is 2. The molecule has 1 atom stereocenters. The van der Waals surface area contributed by atoms with Crippen LogP contribution in [0.3, 0.4) is 0 Å². The molecule has 0 aliphatic rings. The van der Waals surface area contributed by atoms with Crippen molar-refractivity contribution < 1.29 is 23.8 Å². The van der Waals surface area contributed by atoms with Gasteiger partial charge in [-0.2, -0.15) is 9.78 Å². The number of para-hydroxylation sites is 1. The van der Waals surface area contributed by atoms with Crippen molar-refractivity contribution in [1.29, 1.82) is 0 Å². The number of benzene rings is 2. The van der Waals surface area contributed by atoms with E-state index in [4.69, 9.17) is 4.74 Å². The minimum Gasteiger partial charge on any atom is -0.481 e. The zero-order valence-corrected chi connectivity index (χ0v) is 17.6. The summed E-state index contributed by atoms with van der Waals surface area (Å²) in [7, 11) is 1.39. The number of carboxylic acid groups (broad SMARTS) is 1. The van der Waals surface area contributed by atoms with Crippen molar-refractivity contribution in [2.75, 3.05) is 7.11 Å². The first-order valence-corrected chi connectivity index (χ1v) is 9.80. The first-order valence-electron chi connectivity index (χ1n) is 9.80. The molecular weight excluding hydrogens is 401 g/mol. The number of carboxylic acids is 1. The number of hydrogen-bond donors (Lipinski definition) is 2. The van der Waals surface area contributed by atoms with E-state index in [0.29, 0.717) is 12.0 Å². The molecular formula is C23H24FN3O4. The maximum Gasteiger partial charge on any atom is 0.306 e. The Bertz CT molecular complexity index is 1110. The van der Waals surface area contributed by atoms with Crippen LogP contribution in [-0.4, -0.2) is 33.9 Å². The highest BCUT2D eigenvalue weighted by Crippen LogP contribution is 2.32. The molecule has 7 nitrogen and oxygen atoms in total. The van der Waals surface area contributed by atoms with Gasteiger partial charge in [0, 0.05) is 6.07 Å². The van der Waals surface area contributed by atoms with Crippen molar-refractivity contribution >= 4 is 11.9 Å². The molecule has 0 saturated carbocycles. The number of rotatable bonds is 8. The average Bonchev–Trinajstić information content (AvgIpc) is 3.18. The lowest BCUT2D eigenvalue weighted by Crippen LogP contribution is -2.47. The van der Waals surface area contributed by atoms with E-state index in [1.807, 2.05) is 26.0 Å². The summed E-state index contributed by atoms with van der Waals surface area (Å²) in [5.41, 5.74) is 0.555. The quantitative estimate of drug-likeness (QED) is 0.572. The smallest absolute Gasteiger partial charge is 0.306 e. The van der Waals surface area contributed by atoms with Crippen LogP contribution in [0.25, 0.3) is 5.69 Å². The molecule has 0 fully saturated rings. The Morgan fingerprint density at radius 1 is 1.19 bits per heavy atom. The zero-order valence-electron chi connectivity index (χ0n) is 17.6. The van der Waals surface area contributed by atoms with E-state index >= 15 is 0 Å². The minimum atomic E-state index is -1.14. The first kappa shape index (κ1) is 22.0. The fourth-order valence-corrected chi connectivity index (χ4v) is 3.68. The molecule has 162 valence electrons. The number of carbonyl (C=O) groups excluding carboxylic acids is 1. The third kappa shape index (κ3) is 4.42. The van der Waals surface area contributed by atoms with Crippen LogP contribution in [0.15, 0.2) is 54.6 Å². The summed E-state index contributed by atoms with van der Waals surface area (Å²) in [5, 5.41) is 16.6. The average molecular weight is 425 g/mol. The van der Waals surface area contributed by atoms with Crippen LogP contribution >= 0.6 is 0 Å². The second-order valence-electron chi connectivity index (χ2n) is 7.21. The Hall–Kier alpha value is -3.68. The molecule has 8 heteroatoms. The van der Waals surface area contributed by atoms with Gasteiger partial charge in [-0.05, 0) is 36.6 Å². The molecule has 1 amide bonds. The maximum atomic E-state index is 14.3. The summed E-state index contributed by atoms with van der Waals surface area (Å²) in [5.74, 6) is -1.98. The van der Waals surface area contributed by atoms with E-state index in [-0.39, 0.29) is 23.7 Å². The highest BCUT2D eigenvalue weighted by Gasteiger charge is 2.37. The number of halogens is 1. The fourth-order valence-electron chi connectivity index (χ4n) is 3.68. The second kappa shape index (κ2) is 8.99. The third-order valence-electron chi connectivity index (χ3n) is 5.27. The second-order valence-corrected chi connectivity index (χ2v) is 7.21. The number of carbonyl (C=O) groups is 2. The van der Waals surface area contributed by atoms with Crippen LogP contribution in [0.2, 0.25) is 0 Å². The Morgan fingerprint density at radius 3 is 2.48 bits per heavy atom. The SMILES string of the molecule is CC[C@@](CC(=O)O)(NC(=O)c1cc(OC)n(-c2ccccc2F)n1)c1ccccc1C.